The van der Waals surface area contributed by atoms with Crippen LogP contribution in [0.15, 0.2) is 0 Å². The SMILES string of the molecule is CCCCN(CC(N)=O)C(=O)C1CCC(N)CC1C. The molecule has 0 aromatic carbocycles. The van der Waals surface area contributed by atoms with E-state index in [-0.39, 0.29) is 30.3 Å². The highest BCUT2D eigenvalue weighted by molar-refractivity contribution is 5.85. The Bertz CT molecular complexity index is 320. The van der Waals surface area contributed by atoms with Gasteiger partial charge in [0.25, 0.3) is 0 Å². The summed E-state index contributed by atoms with van der Waals surface area (Å²) < 4.78 is 0. The molecule has 0 aromatic rings. The van der Waals surface area contributed by atoms with Crippen molar-refractivity contribution in [2.75, 3.05) is 13.1 Å². The number of carbonyl (C=O) groups excluding carboxylic acids is 2. The minimum atomic E-state index is -0.440. The average Bonchev–Trinajstić information content (AvgIpc) is 2.33. The van der Waals surface area contributed by atoms with Crippen molar-refractivity contribution in [2.45, 2.75) is 52.0 Å². The van der Waals surface area contributed by atoms with Gasteiger partial charge in [0.15, 0.2) is 0 Å². The largest absolute Gasteiger partial charge is 0.368 e. The summed E-state index contributed by atoms with van der Waals surface area (Å²) in [5.74, 6) is -0.0828. The van der Waals surface area contributed by atoms with Crippen LogP contribution in [0, 0.1) is 11.8 Å². The number of rotatable bonds is 6. The normalized spacial score (nSPS) is 27.0. The third-order valence-corrected chi connectivity index (χ3v) is 3.97. The highest BCUT2D eigenvalue weighted by Gasteiger charge is 2.33. The summed E-state index contributed by atoms with van der Waals surface area (Å²) in [6.45, 7) is 4.79. The van der Waals surface area contributed by atoms with E-state index in [1.165, 1.54) is 0 Å². The van der Waals surface area contributed by atoms with Gasteiger partial charge in [-0.1, -0.05) is 20.3 Å². The van der Waals surface area contributed by atoms with Crippen molar-refractivity contribution in [3.63, 3.8) is 0 Å². The number of unbranched alkanes of at least 4 members (excludes halogenated alkanes) is 1. The van der Waals surface area contributed by atoms with Crippen molar-refractivity contribution in [3.05, 3.63) is 0 Å². The molecular weight excluding hydrogens is 242 g/mol. The predicted molar refractivity (Wildman–Crippen MR) is 75.2 cm³/mol. The molecule has 3 unspecified atom stereocenters. The average molecular weight is 269 g/mol. The van der Waals surface area contributed by atoms with Gasteiger partial charge >= 0.3 is 0 Å². The summed E-state index contributed by atoms with van der Waals surface area (Å²) in [7, 11) is 0. The third kappa shape index (κ3) is 4.82. The molecule has 0 aromatic heterocycles. The maximum Gasteiger partial charge on any atom is 0.237 e. The molecule has 1 rings (SSSR count). The Morgan fingerprint density at radius 3 is 2.53 bits per heavy atom. The fourth-order valence-corrected chi connectivity index (χ4v) is 2.84. The van der Waals surface area contributed by atoms with E-state index in [9.17, 15) is 9.59 Å². The van der Waals surface area contributed by atoms with Gasteiger partial charge in [-0.2, -0.15) is 0 Å². The molecule has 1 aliphatic carbocycles. The first-order valence-electron chi connectivity index (χ1n) is 7.28. The second kappa shape index (κ2) is 7.48. The summed E-state index contributed by atoms with van der Waals surface area (Å²) in [5, 5.41) is 0. The monoisotopic (exact) mass is 269 g/mol. The molecule has 4 N–H and O–H groups in total. The van der Waals surface area contributed by atoms with Gasteiger partial charge in [-0.3, -0.25) is 9.59 Å². The molecule has 2 amide bonds. The number of carbonyl (C=O) groups is 2. The van der Waals surface area contributed by atoms with Crippen LogP contribution in [0.1, 0.15) is 46.0 Å². The molecule has 1 aliphatic rings. The van der Waals surface area contributed by atoms with Gasteiger partial charge in [0.05, 0.1) is 6.54 Å². The predicted octanol–water partition coefficient (Wildman–Crippen LogP) is 0.864. The highest BCUT2D eigenvalue weighted by atomic mass is 16.2. The standard InChI is InChI=1S/C14H27N3O2/c1-3-4-7-17(9-13(16)18)14(19)12-6-5-11(15)8-10(12)2/h10-12H,3-9,15H2,1-2H3,(H2,16,18). The molecule has 3 atom stereocenters. The Morgan fingerprint density at radius 1 is 1.32 bits per heavy atom. The van der Waals surface area contributed by atoms with Crippen LogP contribution in [-0.2, 0) is 9.59 Å². The van der Waals surface area contributed by atoms with E-state index in [4.69, 9.17) is 11.5 Å². The molecule has 1 fully saturated rings. The van der Waals surface area contributed by atoms with Gasteiger partial charge < -0.3 is 16.4 Å². The molecule has 19 heavy (non-hydrogen) atoms. The molecule has 5 nitrogen and oxygen atoms in total. The summed E-state index contributed by atoms with van der Waals surface area (Å²) in [6, 6.07) is 0.208. The van der Waals surface area contributed by atoms with Crippen molar-refractivity contribution in [2.24, 2.45) is 23.3 Å². The van der Waals surface area contributed by atoms with E-state index in [0.717, 1.165) is 32.1 Å². The van der Waals surface area contributed by atoms with Crippen LogP contribution in [-0.4, -0.2) is 35.8 Å². The minimum Gasteiger partial charge on any atom is -0.368 e. The molecule has 110 valence electrons. The summed E-state index contributed by atoms with van der Waals surface area (Å²) in [4.78, 5) is 25.3. The first-order chi connectivity index (χ1) is 8.95. The van der Waals surface area contributed by atoms with Gasteiger partial charge in [0.2, 0.25) is 11.8 Å². The summed E-state index contributed by atoms with van der Waals surface area (Å²) >= 11 is 0. The van der Waals surface area contributed by atoms with Gasteiger partial charge in [0, 0.05) is 18.5 Å². The fourth-order valence-electron chi connectivity index (χ4n) is 2.84. The zero-order chi connectivity index (χ0) is 14.4. The lowest BCUT2D eigenvalue weighted by Crippen LogP contribution is -2.46. The van der Waals surface area contributed by atoms with Gasteiger partial charge in [-0.25, -0.2) is 0 Å². The zero-order valence-corrected chi connectivity index (χ0v) is 12.1. The molecule has 0 radical (unpaired) electrons. The first-order valence-corrected chi connectivity index (χ1v) is 7.28. The van der Waals surface area contributed by atoms with Crippen LogP contribution >= 0.6 is 0 Å². The molecule has 0 spiro atoms. The Morgan fingerprint density at radius 2 is 2.00 bits per heavy atom. The maximum atomic E-state index is 12.5. The van der Waals surface area contributed by atoms with Crippen molar-refractivity contribution < 1.29 is 9.59 Å². The number of primary amides is 1. The number of hydrogen-bond donors (Lipinski definition) is 2. The molecule has 0 bridgehead atoms. The minimum absolute atomic E-state index is 0.00370. The third-order valence-electron chi connectivity index (χ3n) is 3.97. The summed E-state index contributed by atoms with van der Waals surface area (Å²) in [6.07, 6.45) is 4.49. The van der Waals surface area contributed by atoms with E-state index < -0.39 is 5.91 Å². The molecule has 0 heterocycles. The lowest BCUT2D eigenvalue weighted by molar-refractivity contribution is -0.141. The number of nitrogens with two attached hydrogens (primary N) is 2. The Balaban J connectivity index is 2.66. The fraction of sp³-hybridized carbons (Fsp3) is 0.857. The molecular formula is C14H27N3O2. The van der Waals surface area contributed by atoms with Crippen LogP contribution in [0.3, 0.4) is 0 Å². The first kappa shape index (κ1) is 16.0. The maximum absolute atomic E-state index is 12.5. The van der Waals surface area contributed by atoms with Gasteiger partial charge in [-0.05, 0) is 31.6 Å². The molecule has 5 heteroatoms. The van der Waals surface area contributed by atoms with Crippen LogP contribution < -0.4 is 11.5 Å². The molecule has 0 aliphatic heterocycles. The van der Waals surface area contributed by atoms with Crippen molar-refractivity contribution in [1.29, 1.82) is 0 Å². The van der Waals surface area contributed by atoms with Crippen LogP contribution in [0.25, 0.3) is 0 Å². The quantitative estimate of drug-likeness (QED) is 0.749. The van der Waals surface area contributed by atoms with Gasteiger partial charge in [-0.15, -0.1) is 0 Å². The second-order valence-electron chi connectivity index (χ2n) is 5.74. The smallest absolute Gasteiger partial charge is 0.237 e. The lowest BCUT2D eigenvalue weighted by Gasteiger charge is -2.35. The Hall–Kier alpha value is -1.10. The summed E-state index contributed by atoms with van der Waals surface area (Å²) in [5.41, 5.74) is 11.2. The van der Waals surface area contributed by atoms with Crippen LogP contribution in [0.4, 0.5) is 0 Å². The second-order valence-corrected chi connectivity index (χ2v) is 5.74. The van der Waals surface area contributed by atoms with E-state index in [0.29, 0.717) is 6.54 Å². The van der Waals surface area contributed by atoms with Gasteiger partial charge in [0.1, 0.15) is 0 Å². The zero-order valence-electron chi connectivity index (χ0n) is 12.1. The van der Waals surface area contributed by atoms with E-state index >= 15 is 0 Å². The van der Waals surface area contributed by atoms with Crippen molar-refractivity contribution in [3.8, 4) is 0 Å². The van der Waals surface area contributed by atoms with E-state index in [2.05, 4.69) is 13.8 Å². The number of amides is 2. The number of nitrogens with zero attached hydrogens (tertiary/aromatic N) is 1. The van der Waals surface area contributed by atoms with Crippen molar-refractivity contribution in [1.82, 2.24) is 4.90 Å². The van der Waals surface area contributed by atoms with E-state index in [1.54, 1.807) is 4.90 Å². The van der Waals surface area contributed by atoms with Crippen LogP contribution in [0.5, 0.6) is 0 Å². The number of hydrogen-bond acceptors (Lipinski definition) is 3. The Labute approximate surface area is 115 Å². The van der Waals surface area contributed by atoms with E-state index in [1.807, 2.05) is 0 Å². The molecule has 0 saturated heterocycles. The lowest BCUT2D eigenvalue weighted by atomic mass is 9.77. The van der Waals surface area contributed by atoms with Crippen molar-refractivity contribution >= 4 is 11.8 Å². The van der Waals surface area contributed by atoms with Crippen LogP contribution in [0.2, 0.25) is 0 Å². The highest BCUT2D eigenvalue weighted by Crippen LogP contribution is 2.30. The topological polar surface area (TPSA) is 89.4 Å². The Kier molecular flexibility index (Phi) is 6.28. The molecule has 1 saturated carbocycles.